The van der Waals surface area contributed by atoms with Crippen molar-refractivity contribution in [2.45, 2.75) is 18.4 Å². The highest BCUT2D eigenvalue weighted by Gasteiger charge is 2.45. The van der Waals surface area contributed by atoms with Gasteiger partial charge in [0.05, 0.1) is 24.9 Å². The molecular formula is C27H29N5O3. The molecule has 0 spiro atoms. The second kappa shape index (κ2) is 9.53. The lowest BCUT2D eigenvalue weighted by Gasteiger charge is -2.43. The van der Waals surface area contributed by atoms with Crippen LogP contribution in [0.3, 0.4) is 0 Å². The maximum Gasteiger partial charge on any atom is 0.253 e. The molecule has 0 bridgehead atoms. The highest BCUT2D eigenvalue weighted by molar-refractivity contribution is 5.95. The number of carbonyl (C=O) groups excluding carboxylic acids is 2. The third-order valence-electron chi connectivity index (χ3n) is 6.94. The minimum Gasteiger partial charge on any atom is -0.385 e. The van der Waals surface area contributed by atoms with E-state index in [0.717, 1.165) is 41.8 Å². The van der Waals surface area contributed by atoms with Crippen LogP contribution in [0.1, 0.15) is 28.8 Å². The normalized spacial score (nSPS) is 20.6. The van der Waals surface area contributed by atoms with Crippen molar-refractivity contribution in [2.75, 3.05) is 51.3 Å². The Bertz CT molecular complexity index is 1200. The third-order valence-corrected chi connectivity index (χ3v) is 6.94. The van der Waals surface area contributed by atoms with Gasteiger partial charge >= 0.3 is 0 Å². The number of nitrogens with one attached hydrogen (secondary N) is 1. The zero-order valence-electron chi connectivity index (χ0n) is 19.6. The lowest BCUT2D eigenvalue weighted by Crippen LogP contribution is -2.68. The van der Waals surface area contributed by atoms with Gasteiger partial charge in [-0.3, -0.25) is 9.59 Å². The zero-order chi connectivity index (χ0) is 24.4. The molecule has 0 aromatic heterocycles. The van der Waals surface area contributed by atoms with E-state index in [1.54, 1.807) is 9.80 Å². The number of benzene rings is 2. The van der Waals surface area contributed by atoms with Crippen LogP contribution in [0.25, 0.3) is 16.7 Å². The summed E-state index contributed by atoms with van der Waals surface area (Å²) in [5.74, 6) is -0.142. The largest absolute Gasteiger partial charge is 0.385 e. The molecule has 3 aliphatic rings. The maximum atomic E-state index is 13.1. The fourth-order valence-electron chi connectivity index (χ4n) is 4.75. The van der Waals surface area contributed by atoms with E-state index in [4.69, 9.17) is 10.5 Å². The lowest BCUT2D eigenvalue weighted by atomic mass is 9.95. The standard InChI is InChI=1S/C27H29N5O3/c28-16-22-3-1-2-10-30-24-9-8-21(15-23(22)24)19-4-6-20(7-5-19)25(33)31-11-13-32(14-12-31)26(34)27(29)17-35-18-27/h3-9,15,30H,1-2,10-14,17-18,29H2/b22-3-. The lowest BCUT2D eigenvalue weighted by molar-refractivity contribution is -0.155. The van der Waals surface area contributed by atoms with Crippen LogP contribution in [-0.2, 0) is 9.53 Å². The fraction of sp³-hybridized carbons (Fsp3) is 0.370. The topological polar surface area (TPSA) is 112 Å². The summed E-state index contributed by atoms with van der Waals surface area (Å²) < 4.78 is 5.10. The van der Waals surface area contributed by atoms with Gasteiger partial charge in [-0.15, -0.1) is 0 Å². The molecule has 5 rings (SSSR count). The molecule has 0 atom stereocenters. The van der Waals surface area contributed by atoms with Crippen molar-refractivity contribution in [2.24, 2.45) is 5.73 Å². The van der Waals surface area contributed by atoms with Crippen molar-refractivity contribution in [3.05, 3.63) is 59.7 Å². The van der Waals surface area contributed by atoms with Crippen molar-refractivity contribution in [3.8, 4) is 17.2 Å². The van der Waals surface area contributed by atoms with Crippen LogP contribution in [0.15, 0.2) is 48.5 Å². The van der Waals surface area contributed by atoms with Gasteiger partial charge in [0.2, 0.25) is 5.91 Å². The number of piperazine rings is 1. The molecule has 2 saturated heterocycles. The summed E-state index contributed by atoms with van der Waals surface area (Å²) in [6.07, 6.45) is 3.88. The molecule has 180 valence electrons. The maximum absolute atomic E-state index is 13.1. The van der Waals surface area contributed by atoms with E-state index >= 15 is 0 Å². The Kier molecular flexibility index (Phi) is 6.29. The zero-order valence-corrected chi connectivity index (χ0v) is 19.6. The minimum atomic E-state index is -0.906. The Balaban J connectivity index is 1.27. The second-order valence-electron chi connectivity index (χ2n) is 9.37. The predicted molar refractivity (Wildman–Crippen MR) is 133 cm³/mol. The van der Waals surface area contributed by atoms with E-state index < -0.39 is 5.54 Å². The third kappa shape index (κ3) is 4.53. The Morgan fingerprint density at radius 1 is 1.00 bits per heavy atom. The molecular weight excluding hydrogens is 442 g/mol. The highest BCUT2D eigenvalue weighted by atomic mass is 16.5. The second-order valence-corrected chi connectivity index (χ2v) is 9.37. The fourth-order valence-corrected chi connectivity index (χ4v) is 4.75. The minimum absolute atomic E-state index is 0.0461. The van der Waals surface area contributed by atoms with Gasteiger partial charge in [-0.25, -0.2) is 0 Å². The van der Waals surface area contributed by atoms with Crippen LogP contribution < -0.4 is 11.1 Å². The van der Waals surface area contributed by atoms with E-state index in [1.165, 1.54) is 0 Å². The quantitative estimate of drug-likeness (QED) is 0.711. The molecule has 35 heavy (non-hydrogen) atoms. The van der Waals surface area contributed by atoms with Crippen molar-refractivity contribution >= 4 is 23.1 Å². The summed E-state index contributed by atoms with van der Waals surface area (Å²) in [7, 11) is 0. The number of nitriles is 1. The first kappa shape index (κ1) is 23.1. The van der Waals surface area contributed by atoms with Crippen LogP contribution in [0.5, 0.6) is 0 Å². The summed E-state index contributed by atoms with van der Waals surface area (Å²) >= 11 is 0. The molecule has 3 heterocycles. The molecule has 2 amide bonds. The van der Waals surface area contributed by atoms with E-state index in [-0.39, 0.29) is 25.0 Å². The van der Waals surface area contributed by atoms with E-state index in [9.17, 15) is 14.9 Å². The number of hydrogen-bond donors (Lipinski definition) is 2. The molecule has 8 heteroatoms. The number of hydrogen-bond acceptors (Lipinski definition) is 6. The van der Waals surface area contributed by atoms with Crippen molar-refractivity contribution in [1.82, 2.24) is 9.80 Å². The number of allylic oxidation sites excluding steroid dienone is 2. The van der Waals surface area contributed by atoms with Crippen LogP contribution in [0, 0.1) is 11.3 Å². The molecule has 3 N–H and O–H groups in total. The van der Waals surface area contributed by atoms with Crippen molar-refractivity contribution in [3.63, 3.8) is 0 Å². The molecule has 2 fully saturated rings. The van der Waals surface area contributed by atoms with E-state index in [0.29, 0.717) is 37.3 Å². The van der Waals surface area contributed by atoms with Gasteiger partial charge in [0, 0.05) is 49.5 Å². The number of rotatable bonds is 3. The Morgan fingerprint density at radius 2 is 1.69 bits per heavy atom. The molecule has 0 unspecified atom stereocenters. The molecule has 8 nitrogen and oxygen atoms in total. The SMILES string of the molecule is N#C/C1=C/CCCNc2ccc(-c3ccc(C(=O)N4CCN(C(=O)C5(N)COC5)CC4)cc3)cc21. The summed E-state index contributed by atoms with van der Waals surface area (Å²) in [5, 5.41) is 13.0. The van der Waals surface area contributed by atoms with Gasteiger partial charge in [0.25, 0.3) is 5.91 Å². The van der Waals surface area contributed by atoms with Crippen LogP contribution in [0.4, 0.5) is 5.69 Å². The highest BCUT2D eigenvalue weighted by Crippen LogP contribution is 2.31. The van der Waals surface area contributed by atoms with Gasteiger partial charge in [0.1, 0.15) is 5.54 Å². The van der Waals surface area contributed by atoms with Gasteiger partial charge in [0.15, 0.2) is 0 Å². The number of ether oxygens (including phenoxy) is 1. The average Bonchev–Trinajstić information content (AvgIpc) is 2.87. The molecule has 0 saturated carbocycles. The van der Waals surface area contributed by atoms with Crippen LogP contribution >= 0.6 is 0 Å². The summed E-state index contributed by atoms with van der Waals surface area (Å²) in [5.41, 5.74) is 10.3. The van der Waals surface area contributed by atoms with Crippen molar-refractivity contribution in [1.29, 1.82) is 5.26 Å². The summed E-state index contributed by atoms with van der Waals surface area (Å²) in [4.78, 5) is 29.1. The number of nitrogens with two attached hydrogens (primary N) is 1. The molecule has 0 aliphatic carbocycles. The Morgan fingerprint density at radius 3 is 2.34 bits per heavy atom. The van der Waals surface area contributed by atoms with Crippen LogP contribution in [-0.4, -0.2) is 73.1 Å². The predicted octanol–water partition coefficient (Wildman–Crippen LogP) is 2.48. The number of carbonyl (C=O) groups is 2. The van der Waals surface area contributed by atoms with Gasteiger partial charge in [-0.1, -0.05) is 24.3 Å². The Labute approximate surface area is 204 Å². The number of anilines is 1. The average molecular weight is 472 g/mol. The molecule has 2 aromatic rings. The first-order chi connectivity index (χ1) is 17.0. The smallest absolute Gasteiger partial charge is 0.253 e. The summed E-state index contributed by atoms with van der Waals surface area (Å²) in [6, 6.07) is 16.0. The summed E-state index contributed by atoms with van der Waals surface area (Å²) in [6.45, 7) is 3.29. The van der Waals surface area contributed by atoms with Gasteiger partial charge < -0.3 is 25.6 Å². The van der Waals surface area contributed by atoms with Gasteiger partial charge in [-0.05, 0) is 48.2 Å². The number of nitrogens with zero attached hydrogens (tertiary/aromatic N) is 3. The number of fused-ring (bicyclic) bond motifs is 1. The molecule has 2 aromatic carbocycles. The first-order valence-corrected chi connectivity index (χ1v) is 12.0. The first-order valence-electron chi connectivity index (χ1n) is 12.0. The monoisotopic (exact) mass is 471 g/mol. The number of amides is 2. The Hall–Kier alpha value is -3.67. The molecule has 0 radical (unpaired) electrons. The van der Waals surface area contributed by atoms with Crippen molar-refractivity contribution < 1.29 is 14.3 Å². The van der Waals surface area contributed by atoms with E-state index in [1.807, 2.05) is 48.5 Å². The van der Waals surface area contributed by atoms with E-state index in [2.05, 4.69) is 11.4 Å². The molecule has 3 aliphatic heterocycles. The van der Waals surface area contributed by atoms with Crippen LogP contribution in [0.2, 0.25) is 0 Å². The van der Waals surface area contributed by atoms with Gasteiger partial charge in [-0.2, -0.15) is 5.26 Å².